The van der Waals surface area contributed by atoms with Gasteiger partial charge >= 0.3 is 18.3 Å². The molecule has 3 rings (SSSR count). The van der Waals surface area contributed by atoms with Crippen LogP contribution >= 0.6 is 0 Å². The zero-order valence-corrected chi connectivity index (χ0v) is 15.3. The number of halogens is 3. The molecule has 9 heteroatoms. The fraction of sp³-hybridized carbons (Fsp3) is 0.263. The minimum absolute atomic E-state index is 0.219. The summed E-state index contributed by atoms with van der Waals surface area (Å²) in [6.45, 7) is 0.417. The van der Waals surface area contributed by atoms with Crippen molar-refractivity contribution in [1.82, 2.24) is 9.13 Å². The van der Waals surface area contributed by atoms with E-state index in [1.54, 1.807) is 13.8 Å². The van der Waals surface area contributed by atoms with Crippen molar-refractivity contribution < 1.29 is 27.4 Å². The maximum absolute atomic E-state index is 14.5. The van der Waals surface area contributed by atoms with Gasteiger partial charge in [-0.15, -0.1) is 0 Å². The van der Waals surface area contributed by atoms with Crippen molar-refractivity contribution in [2.24, 2.45) is 0 Å². The molecular weight excluding hydrogens is 377 g/mol. The Hall–Kier alpha value is -3.23. The summed E-state index contributed by atoms with van der Waals surface area (Å²) in [7, 11) is 1.23. The summed E-state index contributed by atoms with van der Waals surface area (Å²) in [5, 5.41) is 0. The van der Waals surface area contributed by atoms with Gasteiger partial charge in [-0.1, -0.05) is 0 Å². The highest BCUT2D eigenvalue weighted by Crippen LogP contribution is 2.26. The van der Waals surface area contributed by atoms with Gasteiger partial charge in [0.2, 0.25) is 0 Å². The molecule has 2 aromatic carbocycles. The molecule has 6 nitrogen and oxygen atoms in total. The van der Waals surface area contributed by atoms with E-state index < -0.39 is 24.1 Å². The molecule has 1 aromatic heterocycles. The average molecular weight is 394 g/mol. The minimum Gasteiger partial charge on any atom is -0.465 e. The Balaban J connectivity index is 2.32. The predicted molar refractivity (Wildman–Crippen MR) is 95.8 cm³/mol. The van der Waals surface area contributed by atoms with Crippen molar-refractivity contribution in [2.75, 3.05) is 7.11 Å². The lowest BCUT2D eigenvalue weighted by atomic mass is 10.2. The van der Waals surface area contributed by atoms with E-state index >= 15 is 0 Å². The van der Waals surface area contributed by atoms with Crippen molar-refractivity contribution in [3.63, 3.8) is 0 Å². The topological polar surface area (TPSA) is 62.5 Å². The molecule has 0 bridgehead atoms. The van der Waals surface area contributed by atoms with Gasteiger partial charge in [0.25, 0.3) is 0 Å². The number of imidazole rings is 1. The lowest BCUT2D eigenvalue weighted by Crippen LogP contribution is -2.25. The summed E-state index contributed by atoms with van der Waals surface area (Å²) in [6, 6.07) is 7.09. The molecule has 148 valence electrons. The molecule has 0 saturated heterocycles. The Morgan fingerprint density at radius 1 is 1.07 bits per heavy atom. The molecule has 28 heavy (non-hydrogen) atoms. The third-order valence-corrected chi connectivity index (χ3v) is 4.19. The molecule has 0 N–H and O–H groups in total. The molecule has 3 aromatic rings. The number of carbonyl (C=O) groups is 1. The SMILES string of the molecule is COC(=O)c1ccc2c(c1)n(C(C)C)c(=O)n2-c1cc(OC(F)F)ccc1F. The average Bonchev–Trinajstić information content (AvgIpc) is 2.93. The van der Waals surface area contributed by atoms with E-state index in [9.17, 15) is 22.8 Å². The van der Waals surface area contributed by atoms with E-state index in [1.807, 2.05) is 0 Å². The van der Waals surface area contributed by atoms with Gasteiger partial charge < -0.3 is 9.47 Å². The highest BCUT2D eigenvalue weighted by atomic mass is 19.3. The lowest BCUT2D eigenvalue weighted by Gasteiger charge is -2.09. The van der Waals surface area contributed by atoms with Crippen LogP contribution in [-0.2, 0) is 4.74 Å². The summed E-state index contributed by atoms with van der Waals surface area (Å²) in [5.74, 6) is -1.66. The van der Waals surface area contributed by atoms with Gasteiger partial charge in [0, 0.05) is 12.1 Å². The smallest absolute Gasteiger partial charge is 0.387 e. The summed E-state index contributed by atoms with van der Waals surface area (Å²) in [4.78, 5) is 24.9. The third-order valence-electron chi connectivity index (χ3n) is 4.19. The van der Waals surface area contributed by atoms with Crippen molar-refractivity contribution in [1.29, 1.82) is 0 Å². The van der Waals surface area contributed by atoms with Gasteiger partial charge in [-0.3, -0.25) is 9.13 Å². The monoisotopic (exact) mass is 394 g/mol. The number of benzene rings is 2. The zero-order chi connectivity index (χ0) is 20.6. The highest BCUT2D eigenvalue weighted by Gasteiger charge is 2.21. The first-order valence-corrected chi connectivity index (χ1v) is 8.34. The van der Waals surface area contributed by atoms with Gasteiger partial charge in [0.05, 0.1) is 29.4 Å². The van der Waals surface area contributed by atoms with Crippen LogP contribution in [0.3, 0.4) is 0 Å². The predicted octanol–water partition coefficient (Wildman–Crippen LogP) is 3.90. The number of methoxy groups -OCH3 is 1. The molecule has 0 aliphatic carbocycles. The van der Waals surface area contributed by atoms with E-state index in [2.05, 4.69) is 4.74 Å². The second-order valence-corrected chi connectivity index (χ2v) is 6.27. The summed E-state index contributed by atoms with van der Waals surface area (Å²) in [6.07, 6.45) is 0. The number of alkyl halides is 2. The van der Waals surface area contributed by atoms with Crippen molar-refractivity contribution in [2.45, 2.75) is 26.5 Å². The molecule has 0 aliphatic rings. The number of ether oxygens (including phenoxy) is 2. The number of fused-ring (bicyclic) bond motifs is 1. The van der Waals surface area contributed by atoms with E-state index in [4.69, 9.17) is 4.74 Å². The summed E-state index contributed by atoms with van der Waals surface area (Å²) in [5.41, 5.74) is 0.0808. The van der Waals surface area contributed by atoms with Gasteiger partial charge in [0.1, 0.15) is 11.6 Å². The first-order valence-electron chi connectivity index (χ1n) is 8.34. The number of nitrogens with zero attached hydrogens (tertiary/aromatic N) is 2. The molecule has 0 fully saturated rings. The highest BCUT2D eigenvalue weighted by molar-refractivity contribution is 5.94. The Morgan fingerprint density at radius 3 is 2.39 bits per heavy atom. The maximum atomic E-state index is 14.5. The normalized spacial score (nSPS) is 11.4. The fourth-order valence-corrected chi connectivity index (χ4v) is 3.04. The van der Waals surface area contributed by atoms with Crippen LogP contribution in [0.4, 0.5) is 13.2 Å². The second-order valence-electron chi connectivity index (χ2n) is 6.27. The molecule has 0 atom stereocenters. The van der Waals surface area contributed by atoms with Crippen molar-refractivity contribution in [3.8, 4) is 11.4 Å². The fourth-order valence-electron chi connectivity index (χ4n) is 3.04. The van der Waals surface area contributed by atoms with Crippen LogP contribution in [0.1, 0.15) is 30.2 Å². The second kappa shape index (κ2) is 7.41. The minimum atomic E-state index is -3.09. The molecule has 0 saturated carbocycles. The molecule has 0 unspecified atom stereocenters. The Labute approximate surface area is 157 Å². The largest absolute Gasteiger partial charge is 0.465 e. The number of esters is 1. The maximum Gasteiger partial charge on any atom is 0.387 e. The van der Waals surface area contributed by atoms with Gasteiger partial charge in [-0.05, 0) is 44.2 Å². The van der Waals surface area contributed by atoms with Crippen LogP contribution in [0.2, 0.25) is 0 Å². The molecule has 1 heterocycles. The number of aromatic nitrogens is 2. The standard InChI is InChI=1S/C19H17F3N2O4/c1-10(2)23-16-8-11(17(25)27-3)4-7-14(16)24(19(23)26)15-9-12(28-18(21)22)5-6-13(15)20/h4-10,18H,1-3H3. The van der Waals surface area contributed by atoms with Crippen LogP contribution in [0, 0.1) is 5.82 Å². The number of hydrogen-bond acceptors (Lipinski definition) is 4. The summed E-state index contributed by atoms with van der Waals surface area (Å²) < 4.78 is 51.0. The molecule has 0 radical (unpaired) electrons. The lowest BCUT2D eigenvalue weighted by molar-refractivity contribution is -0.0498. The molecule has 0 aliphatic heterocycles. The van der Waals surface area contributed by atoms with Crippen LogP contribution in [-0.4, -0.2) is 28.8 Å². The Bertz CT molecular complexity index is 1100. The number of carbonyl (C=O) groups excluding carboxylic acids is 1. The molecule has 0 amide bonds. The molecule has 0 spiro atoms. The van der Waals surface area contributed by atoms with E-state index in [-0.39, 0.29) is 23.0 Å². The van der Waals surface area contributed by atoms with Gasteiger partial charge in [-0.2, -0.15) is 8.78 Å². The number of hydrogen-bond donors (Lipinski definition) is 0. The Morgan fingerprint density at radius 2 is 1.79 bits per heavy atom. The van der Waals surface area contributed by atoms with Crippen LogP contribution in [0.25, 0.3) is 16.7 Å². The zero-order valence-electron chi connectivity index (χ0n) is 15.3. The van der Waals surface area contributed by atoms with Crippen molar-refractivity contribution >= 4 is 17.0 Å². The van der Waals surface area contributed by atoms with E-state index in [0.29, 0.717) is 11.0 Å². The number of rotatable bonds is 5. The van der Waals surface area contributed by atoms with Crippen LogP contribution in [0.5, 0.6) is 5.75 Å². The quantitative estimate of drug-likeness (QED) is 0.616. The first kappa shape index (κ1) is 19.5. The van der Waals surface area contributed by atoms with Gasteiger partial charge in [0.15, 0.2) is 0 Å². The summed E-state index contributed by atoms with van der Waals surface area (Å²) >= 11 is 0. The van der Waals surface area contributed by atoms with Gasteiger partial charge in [-0.25, -0.2) is 14.0 Å². The first-order chi connectivity index (χ1) is 13.2. The van der Waals surface area contributed by atoms with Crippen molar-refractivity contribution in [3.05, 3.63) is 58.3 Å². The molecular formula is C19H17F3N2O4. The van der Waals surface area contributed by atoms with Crippen LogP contribution < -0.4 is 10.4 Å². The third kappa shape index (κ3) is 3.35. The van der Waals surface area contributed by atoms with Crippen LogP contribution in [0.15, 0.2) is 41.2 Å². The van der Waals surface area contributed by atoms with E-state index in [0.717, 1.165) is 22.8 Å². The Kier molecular flexibility index (Phi) is 5.17. The van der Waals surface area contributed by atoms with E-state index in [1.165, 1.54) is 29.9 Å².